The van der Waals surface area contributed by atoms with E-state index in [0.29, 0.717) is 10.7 Å². The molecule has 1 aromatic heterocycles. The maximum Gasteiger partial charge on any atom is 0.307 e. The van der Waals surface area contributed by atoms with Crippen LogP contribution in [0.25, 0.3) is 22.4 Å². The van der Waals surface area contributed by atoms with Gasteiger partial charge in [0, 0.05) is 18.3 Å². The van der Waals surface area contributed by atoms with Gasteiger partial charge >= 0.3 is 5.97 Å². The second-order valence-electron chi connectivity index (χ2n) is 8.15. The standard InChI is InChI=1S/C27H24ClN3O3S/c1-17-3-12-22(23(28)13-17)27-24(15-29-31(27)2)35-16-25(32)30-21-10-8-20(9-11-21)19-6-4-18(5-7-19)14-26(33)34/h3-13,15H,14,16H2,1-2H3,(H,30,32)(H,33,34). The van der Waals surface area contributed by atoms with E-state index in [-0.39, 0.29) is 18.1 Å². The predicted molar refractivity (Wildman–Crippen MR) is 141 cm³/mol. The molecule has 2 N–H and O–H groups in total. The fraction of sp³-hybridized carbons (Fsp3) is 0.148. The molecular formula is C27H24ClN3O3S. The topological polar surface area (TPSA) is 84.2 Å². The molecular weight excluding hydrogens is 482 g/mol. The summed E-state index contributed by atoms with van der Waals surface area (Å²) < 4.78 is 1.77. The molecule has 1 heterocycles. The van der Waals surface area contributed by atoms with E-state index in [0.717, 1.165) is 38.4 Å². The molecule has 0 unspecified atom stereocenters. The van der Waals surface area contributed by atoms with Crippen LogP contribution in [0.3, 0.4) is 0 Å². The van der Waals surface area contributed by atoms with Crippen LogP contribution in [-0.4, -0.2) is 32.5 Å². The van der Waals surface area contributed by atoms with Crippen LogP contribution in [0.15, 0.2) is 77.8 Å². The summed E-state index contributed by atoms with van der Waals surface area (Å²) in [6.45, 7) is 1.99. The first-order valence-electron chi connectivity index (χ1n) is 10.9. The molecule has 0 spiro atoms. The largest absolute Gasteiger partial charge is 0.481 e. The lowest BCUT2D eigenvalue weighted by atomic mass is 10.0. The Labute approximate surface area is 212 Å². The molecule has 3 aromatic carbocycles. The molecule has 178 valence electrons. The smallest absolute Gasteiger partial charge is 0.307 e. The number of anilines is 1. The van der Waals surface area contributed by atoms with E-state index in [4.69, 9.17) is 16.7 Å². The van der Waals surface area contributed by atoms with Crippen LogP contribution < -0.4 is 5.32 Å². The Hall–Kier alpha value is -3.55. The summed E-state index contributed by atoms with van der Waals surface area (Å²) in [5.74, 6) is -0.741. The highest BCUT2D eigenvalue weighted by Gasteiger charge is 2.16. The minimum absolute atomic E-state index is 0.00184. The number of rotatable bonds is 8. The summed E-state index contributed by atoms with van der Waals surface area (Å²) in [5, 5.41) is 16.8. The summed E-state index contributed by atoms with van der Waals surface area (Å²) in [6.07, 6.45) is 1.75. The van der Waals surface area contributed by atoms with Crippen molar-refractivity contribution in [3.05, 3.63) is 89.1 Å². The minimum Gasteiger partial charge on any atom is -0.481 e. The lowest BCUT2D eigenvalue weighted by Gasteiger charge is -2.10. The van der Waals surface area contributed by atoms with E-state index in [1.165, 1.54) is 11.8 Å². The number of nitrogens with zero attached hydrogens (tertiary/aromatic N) is 2. The van der Waals surface area contributed by atoms with Crippen LogP contribution in [-0.2, 0) is 23.1 Å². The van der Waals surface area contributed by atoms with Crippen molar-refractivity contribution in [3.8, 4) is 22.4 Å². The first-order valence-corrected chi connectivity index (χ1v) is 12.3. The molecule has 1 amide bonds. The Kier molecular flexibility index (Phi) is 7.58. The Morgan fingerprint density at radius 3 is 2.31 bits per heavy atom. The van der Waals surface area contributed by atoms with E-state index in [2.05, 4.69) is 10.4 Å². The van der Waals surface area contributed by atoms with Crippen molar-refractivity contribution in [1.29, 1.82) is 0 Å². The quantitative estimate of drug-likeness (QED) is 0.284. The molecule has 0 atom stereocenters. The van der Waals surface area contributed by atoms with Gasteiger partial charge in [0.15, 0.2) is 0 Å². The number of hydrogen-bond acceptors (Lipinski definition) is 4. The van der Waals surface area contributed by atoms with Crippen LogP contribution in [0.2, 0.25) is 5.02 Å². The second-order valence-corrected chi connectivity index (χ2v) is 9.57. The summed E-state index contributed by atoms with van der Waals surface area (Å²) in [6, 6.07) is 20.9. The Balaban J connectivity index is 1.38. The summed E-state index contributed by atoms with van der Waals surface area (Å²) in [7, 11) is 1.86. The van der Waals surface area contributed by atoms with Gasteiger partial charge in [-0.3, -0.25) is 14.3 Å². The minimum atomic E-state index is -0.852. The predicted octanol–water partition coefficient (Wildman–Crippen LogP) is 6.07. The van der Waals surface area contributed by atoms with Crippen molar-refractivity contribution in [2.75, 3.05) is 11.1 Å². The highest BCUT2D eigenvalue weighted by molar-refractivity contribution is 8.00. The molecule has 0 bridgehead atoms. The first-order chi connectivity index (χ1) is 16.8. The van der Waals surface area contributed by atoms with Gasteiger partial charge in [0.2, 0.25) is 5.91 Å². The molecule has 8 heteroatoms. The van der Waals surface area contributed by atoms with Crippen molar-refractivity contribution in [3.63, 3.8) is 0 Å². The van der Waals surface area contributed by atoms with Gasteiger partial charge in [0.05, 0.1) is 34.0 Å². The Bertz CT molecular complexity index is 1370. The molecule has 0 saturated heterocycles. The number of aliphatic carboxylic acids is 1. The molecule has 4 rings (SSSR count). The van der Waals surface area contributed by atoms with Crippen molar-refractivity contribution >= 4 is 40.9 Å². The zero-order valence-corrected chi connectivity index (χ0v) is 20.9. The zero-order valence-electron chi connectivity index (χ0n) is 19.3. The van der Waals surface area contributed by atoms with Gasteiger partial charge in [0.1, 0.15) is 0 Å². The van der Waals surface area contributed by atoms with Crippen LogP contribution in [0.1, 0.15) is 11.1 Å². The van der Waals surface area contributed by atoms with Gasteiger partial charge in [-0.25, -0.2) is 0 Å². The lowest BCUT2D eigenvalue weighted by molar-refractivity contribution is -0.136. The molecule has 0 aliphatic rings. The third-order valence-electron chi connectivity index (χ3n) is 5.45. The van der Waals surface area contributed by atoms with Gasteiger partial charge in [-0.05, 0) is 47.4 Å². The number of nitrogens with one attached hydrogen (secondary N) is 1. The Morgan fingerprint density at radius 1 is 1.03 bits per heavy atom. The number of amides is 1. The number of carbonyl (C=O) groups is 2. The van der Waals surface area contributed by atoms with E-state index >= 15 is 0 Å². The number of aromatic nitrogens is 2. The van der Waals surface area contributed by atoms with Crippen molar-refractivity contribution in [1.82, 2.24) is 9.78 Å². The maximum absolute atomic E-state index is 12.6. The number of halogens is 1. The third-order valence-corrected chi connectivity index (χ3v) is 6.78. The fourth-order valence-electron chi connectivity index (χ4n) is 3.72. The summed E-state index contributed by atoms with van der Waals surface area (Å²) >= 11 is 7.88. The third kappa shape index (κ3) is 6.12. The van der Waals surface area contributed by atoms with E-state index < -0.39 is 5.97 Å². The first kappa shape index (κ1) is 24.6. The molecule has 0 aliphatic carbocycles. The number of thioether (sulfide) groups is 1. The molecule has 35 heavy (non-hydrogen) atoms. The number of carbonyl (C=O) groups excluding carboxylic acids is 1. The van der Waals surface area contributed by atoms with Crippen molar-refractivity contribution < 1.29 is 14.7 Å². The zero-order chi connectivity index (χ0) is 24.9. The number of aryl methyl sites for hydroxylation is 2. The van der Waals surface area contributed by atoms with Gasteiger partial charge in [0.25, 0.3) is 0 Å². The molecule has 0 radical (unpaired) electrons. The number of benzene rings is 3. The fourth-order valence-corrected chi connectivity index (χ4v) is 4.90. The van der Waals surface area contributed by atoms with Crippen LogP contribution in [0, 0.1) is 6.92 Å². The van der Waals surface area contributed by atoms with E-state index in [1.807, 2.05) is 80.7 Å². The lowest BCUT2D eigenvalue weighted by Crippen LogP contribution is -2.13. The van der Waals surface area contributed by atoms with Crippen LogP contribution >= 0.6 is 23.4 Å². The number of carboxylic acids is 1. The molecule has 4 aromatic rings. The molecule has 0 saturated carbocycles. The van der Waals surface area contributed by atoms with Gasteiger partial charge in [-0.2, -0.15) is 5.10 Å². The second kappa shape index (κ2) is 10.8. The van der Waals surface area contributed by atoms with E-state index in [9.17, 15) is 9.59 Å². The normalized spacial score (nSPS) is 10.8. The van der Waals surface area contributed by atoms with Gasteiger partial charge in [-0.1, -0.05) is 60.1 Å². The number of hydrogen-bond donors (Lipinski definition) is 2. The monoisotopic (exact) mass is 505 g/mol. The van der Waals surface area contributed by atoms with E-state index in [1.54, 1.807) is 10.9 Å². The average molecular weight is 506 g/mol. The van der Waals surface area contributed by atoms with Crippen molar-refractivity contribution in [2.45, 2.75) is 18.2 Å². The van der Waals surface area contributed by atoms with Crippen molar-refractivity contribution in [2.24, 2.45) is 7.05 Å². The Morgan fingerprint density at radius 2 is 1.69 bits per heavy atom. The molecule has 0 aliphatic heterocycles. The maximum atomic E-state index is 12.6. The summed E-state index contributed by atoms with van der Waals surface area (Å²) in [4.78, 5) is 24.3. The van der Waals surface area contributed by atoms with Crippen LogP contribution in [0.5, 0.6) is 0 Å². The highest BCUT2D eigenvalue weighted by atomic mass is 35.5. The van der Waals surface area contributed by atoms with Gasteiger partial charge < -0.3 is 10.4 Å². The molecule has 0 fully saturated rings. The molecule has 6 nitrogen and oxygen atoms in total. The SMILES string of the molecule is Cc1ccc(-c2c(SCC(=O)Nc3ccc(-c4ccc(CC(=O)O)cc4)cc3)cnn2C)c(Cl)c1. The van der Waals surface area contributed by atoms with Crippen LogP contribution in [0.4, 0.5) is 5.69 Å². The highest BCUT2D eigenvalue weighted by Crippen LogP contribution is 2.35. The average Bonchev–Trinajstić information content (AvgIpc) is 3.18. The summed E-state index contributed by atoms with van der Waals surface area (Å²) in [5.41, 5.74) is 6.26. The van der Waals surface area contributed by atoms with Gasteiger partial charge in [-0.15, -0.1) is 11.8 Å². The number of carboxylic acid groups (broad SMARTS) is 1.